The van der Waals surface area contributed by atoms with Crippen LogP contribution in [0.3, 0.4) is 0 Å². The van der Waals surface area contributed by atoms with Crippen LogP contribution in [0, 0.1) is 0 Å². The average Bonchev–Trinajstić information content (AvgIpc) is 2.41. The summed E-state index contributed by atoms with van der Waals surface area (Å²) >= 11 is 0. The minimum absolute atomic E-state index is 0.216. The van der Waals surface area contributed by atoms with E-state index in [-0.39, 0.29) is 17.1 Å². The van der Waals surface area contributed by atoms with Crippen LogP contribution < -0.4 is 5.63 Å². The van der Waals surface area contributed by atoms with Crippen LogP contribution in [0.15, 0.2) is 51.9 Å². The number of benzene rings is 1. The molecule has 0 saturated carbocycles. The van der Waals surface area contributed by atoms with E-state index in [1.54, 1.807) is 30.6 Å². The fourth-order valence-corrected chi connectivity index (χ4v) is 1.87. The monoisotopic (exact) mass is 255 g/mol. The lowest BCUT2D eigenvalue weighted by Crippen LogP contribution is -2.02. The second kappa shape index (κ2) is 4.13. The summed E-state index contributed by atoms with van der Waals surface area (Å²) in [5, 5.41) is 19.4. The Balaban J connectivity index is 2.31. The number of hydrogen-bond acceptors (Lipinski definition) is 5. The molecule has 0 unspecified atom stereocenters. The van der Waals surface area contributed by atoms with Crippen LogP contribution in [0.25, 0.3) is 22.1 Å². The molecule has 0 atom stereocenters. The highest BCUT2D eigenvalue weighted by molar-refractivity contribution is 5.84. The summed E-state index contributed by atoms with van der Waals surface area (Å²) in [6, 6.07) is 7.60. The molecule has 0 aliphatic rings. The number of phenols is 2. The molecular weight excluding hydrogens is 246 g/mol. The van der Waals surface area contributed by atoms with E-state index in [1.807, 2.05) is 0 Å². The lowest BCUT2D eigenvalue weighted by molar-refractivity contribution is 0.403. The van der Waals surface area contributed by atoms with Crippen molar-refractivity contribution in [1.29, 1.82) is 0 Å². The van der Waals surface area contributed by atoms with Crippen LogP contribution in [-0.2, 0) is 0 Å². The van der Waals surface area contributed by atoms with Gasteiger partial charge in [-0.25, -0.2) is 4.79 Å². The van der Waals surface area contributed by atoms with Gasteiger partial charge in [-0.15, -0.1) is 0 Å². The summed E-state index contributed by atoms with van der Waals surface area (Å²) in [5.74, 6) is -0.594. The zero-order valence-corrected chi connectivity index (χ0v) is 9.70. The molecule has 2 heterocycles. The van der Waals surface area contributed by atoms with Crippen molar-refractivity contribution in [2.45, 2.75) is 0 Å². The van der Waals surface area contributed by atoms with E-state index in [9.17, 15) is 15.0 Å². The quantitative estimate of drug-likeness (QED) is 0.514. The fraction of sp³-hybridized carbons (Fsp3) is 0. The van der Waals surface area contributed by atoms with E-state index in [0.717, 1.165) is 0 Å². The van der Waals surface area contributed by atoms with Crippen molar-refractivity contribution in [2.75, 3.05) is 0 Å². The number of pyridine rings is 1. The first-order valence-electron chi connectivity index (χ1n) is 5.55. The van der Waals surface area contributed by atoms with Gasteiger partial charge in [0.25, 0.3) is 0 Å². The van der Waals surface area contributed by atoms with Gasteiger partial charge in [0.05, 0.1) is 5.56 Å². The number of fused-ring (bicyclic) bond motifs is 1. The molecule has 5 nitrogen and oxygen atoms in total. The fourth-order valence-electron chi connectivity index (χ4n) is 1.87. The molecule has 94 valence electrons. The maximum Gasteiger partial charge on any atom is 0.344 e. The van der Waals surface area contributed by atoms with Gasteiger partial charge in [-0.2, -0.15) is 0 Å². The number of nitrogens with zero attached hydrogens (tertiary/aromatic N) is 1. The Morgan fingerprint density at radius 2 is 1.89 bits per heavy atom. The Hall–Kier alpha value is -2.82. The highest BCUT2D eigenvalue weighted by Crippen LogP contribution is 2.31. The normalized spacial score (nSPS) is 10.7. The highest BCUT2D eigenvalue weighted by atomic mass is 16.4. The summed E-state index contributed by atoms with van der Waals surface area (Å²) in [6.45, 7) is 0. The molecule has 3 aromatic rings. The molecule has 0 saturated heterocycles. The van der Waals surface area contributed by atoms with Crippen molar-refractivity contribution in [3.05, 3.63) is 53.1 Å². The Kier molecular flexibility index (Phi) is 2.45. The Morgan fingerprint density at radius 1 is 1.11 bits per heavy atom. The molecule has 0 radical (unpaired) electrons. The van der Waals surface area contributed by atoms with E-state index in [0.29, 0.717) is 16.5 Å². The highest BCUT2D eigenvalue weighted by Gasteiger charge is 2.10. The first kappa shape index (κ1) is 11.3. The van der Waals surface area contributed by atoms with Crippen LogP contribution in [0.5, 0.6) is 11.5 Å². The molecule has 3 rings (SSSR count). The van der Waals surface area contributed by atoms with Gasteiger partial charge in [-0.1, -0.05) is 6.07 Å². The van der Waals surface area contributed by atoms with Crippen molar-refractivity contribution in [3.63, 3.8) is 0 Å². The van der Waals surface area contributed by atoms with E-state index in [1.165, 1.54) is 12.1 Å². The van der Waals surface area contributed by atoms with Crippen LogP contribution >= 0.6 is 0 Å². The zero-order valence-electron chi connectivity index (χ0n) is 9.70. The minimum atomic E-state index is -0.523. The van der Waals surface area contributed by atoms with Gasteiger partial charge >= 0.3 is 5.63 Å². The van der Waals surface area contributed by atoms with E-state index >= 15 is 0 Å². The van der Waals surface area contributed by atoms with Gasteiger partial charge in [-0.3, -0.25) is 4.98 Å². The molecule has 5 heteroatoms. The third-order valence-corrected chi connectivity index (χ3v) is 2.80. The third-order valence-electron chi connectivity index (χ3n) is 2.80. The van der Waals surface area contributed by atoms with E-state index < -0.39 is 5.63 Å². The molecule has 0 bridgehead atoms. The van der Waals surface area contributed by atoms with Crippen LogP contribution in [-0.4, -0.2) is 15.2 Å². The minimum Gasteiger partial charge on any atom is -0.504 e. The Labute approximate surface area is 107 Å². The second-order valence-corrected chi connectivity index (χ2v) is 4.07. The first-order valence-corrected chi connectivity index (χ1v) is 5.55. The second-order valence-electron chi connectivity index (χ2n) is 4.07. The molecule has 0 aliphatic carbocycles. The number of aromatic hydroxyl groups is 2. The standard InChI is InChI=1S/C14H9NO4/c16-11-5-9-4-10(8-2-1-3-15-7-8)14(18)19-13(9)6-12(11)17/h1-7,16-17H. The van der Waals surface area contributed by atoms with Crippen LogP contribution in [0.1, 0.15) is 0 Å². The van der Waals surface area contributed by atoms with Crippen molar-refractivity contribution in [3.8, 4) is 22.6 Å². The first-order chi connectivity index (χ1) is 9.15. The number of hydrogen-bond donors (Lipinski definition) is 2. The van der Waals surface area contributed by atoms with Gasteiger partial charge < -0.3 is 14.6 Å². The molecule has 0 aliphatic heterocycles. The predicted octanol–water partition coefficient (Wildman–Crippen LogP) is 2.27. The van der Waals surface area contributed by atoms with Crippen molar-refractivity contribution in [1.82, 2.24) is 4.98 Å². The van der Waals surface area contributed by atoms with Gasteiger partial charge in [0, 0.05) is 29.4 Å². The van der Waals surface area contributed by atoms with Crippen LogP contribution in [0.4, 0.5) is 0 Å². The van der Waals surface area contributed by atoms with Crippen molar-refractivity contribution in [2.24, 2.45) is 0 Å². The van der Waals surface area contributed by atoms with Crippen LogP contribution in [0.2, 0.25) is 0 Å². The summed E-state index contributed by atoms with van der Waals surface area (Å²) in [5.41, 5.74) is 0.676. The molecule has 1 aromatic carbocycles. The molecule has 2 aromatic heterocycles. The summed E-state index contributed by atoms with van der Waals surface area (Å²) in [7, 11) is 0. The molecule has 0 spiro atoms. The maximum absolute atomic E-state index is 11.9. The largest absolute Gasteiger partial charge is 0.504 e. The Morgan fingerprint density at radius 3 is 2.63 bits per heavy atom. The van der Waals surface area contributed by atoms with Gasteiger partial charge in [0.15, 0.2) is 11.5 Å². The van der Waals surface area contributed by atoms with Gasteiger partial charge in [-0.05, 0) is 18.2 Å². The SMILES string of the molecule is O=c1oc2cc(O)c(O)cc2cc1-c1cccnc1. The molecule has 0 amide bonds. The van der Waals surface area contributed by atoms with E-state index in [4.69, 9.17) is 4.42 Å². The maximum atomic E-state index is 11.9. The van der Waals surface area contributed by atoms with Gasteiger partial charge in [0.2, 0.25) is 0 Å². The molecular formula is C14H9NO4. The number of rotatable bonds is 1. The third kappa shape index (κ3) is 1.91. The summed E-state index contributed by atoms with van der Waals surface area (Å²) in [4.78, 5) is 15.8. The average molecular weight is 255 g/mol. The Bertz CT molecular complexity index is 809. The molecule has 2 N–H and O–H groups in total. The lowest BCUT2D eigenvalue weighted by atomic mass is 10.1. The smallest absolute Gasteiger partial charge is 0.344 e. The molecule has 19 heavy (non-hydrogen) atoms. The van der Waals surface area contributed by atoms with Gasteiger partial charge in [0.1, 0.15) is 5.58 Å². The molecule has 0 fully saturated rings. The van der Waals surface area contributed by atoms with E-state index in [2.05, 4.69) is 4.98 Å². The number of phenolic OH excluding ortho intramolecular Hbond substituents is 2. The van der Waals surface area contributed by atoms with Crippen molar-refractivity contribution < 1.29 is 14.6 Å². The zero-order chi connectivity index (χ0) is 13.4. The predicted molar refractivity (Wildman–Crippen MR) is 69.0 cm³/mol. The van der Waals surface area contributed by atoms with Crippen molar-refractivity contribution >= 4 is 11.0 Å². The number of aromatic nitrogens is 1. The summed E-state index contributed by atoms with van der Waals surface area (Å²) in [6.07, 6.45) is 3.16. The summed E-state index contributed by atoms with van der Waals surface area (Å²) < 4.78 is 5.13. The topological polar surface area (TPSA) is 83.6 Å². The lowest BCUT2D eigenvalue weighted by Gasteiger charge is -2.03.